The highest BCUT2D eigenvalue weighted by molar-refractivity contribution is 5.23. The van der Waals surface area contributed by atoms with E-state index in [1.807, 2.05) is 24.3 Å². The molecule has 0 amide bonds. The molecule has 3 rings (SSSR count). The normalized spacial score (nSPS) is 23.6. The molecule has 0 unspecified atom stereocenters. The van der Waals surface area contributed by atoms with Crippen molar-refractivity contribution in [3.05, 3.63) is 71.8 Å². The zero-order valence-corrected chi connectivity index (χ0v) is 10.9. The Bertz CT molecular complexity index is 511. The first-order chi connectivity index (χ1) is 9.33. The van der Waals surface area contributed by atoms with Crippen LogP contribution >= 0.6 is 0 Å². The largest absolute Gasteiger partial charge is 0.391 e. The molecule has 1 saturated heterocycles. The van der Waals surface area contributed by atoms with Crippen molar-refractivity contribution in [2.24, 2.45) is 0 Å². The Morgan fingerprint density at radius 2 is 1.53 bits per heavy atom. The van der Waals surface area contributed by atoms with Crippen molar-refractivity contribution in [1.82, 2.24) is 4.90 Å². The van der Waals surface area contributed by atoms with Crippen molar-refractivity contribution in [3.8, 4) is 0 Å². The van der Waals surface area contributed by atoms with Gasteiger partial charge in [-0.1, -0.05) is 60.7 Å². The Hall–Kier alpha value is -1.64. The third-order valence-electron chi connectivity index (χ3n) is 3.84. The number of rotatable bonds is 3. The highest BCUT2D eigenvalue weighted by Crippen LogP contribution is 2.28. The van der Waals surface area contributed by atoms with Gasteiger partial charge in [0.1, 0.15) is 0 Å². The fraction of sp³-hybridized carbons (Fsp3) is 0.294. The Morgan fingerprint density at radius 3 is 2.21 bits per heavy atom. The maximum atomic E-state index is 10.2. The number of β-amino-alcohol motifs (C(OH)–C–C–N with tert-alkyl or cyclic N) is 1. The number of nitrogens with zero attached hydrogens (tertiary/aromatic N) is 1. The maximum absolute atomic E-state index is 10.2. The lowest BCUT2D eigenvalue weighted by molar-refractivity contribution is 0.163. The van der Waals surface area contributed by atoms with Crippen LogP contribution in [0.1, 0.15) is 17.0 Å². The Kier molecular flexibility index (Phi) is 3.62. The van der Waals surface area contributed by atoms with Gasteiger partial charge in [-0.25, -0.2) is 0 Å². The van der Waals surface area contributed by atoms with Crippen molar-refractivity contribution in [3.63, 3.8) is 0 Å². The summed E-state index contributed by atoms with van der Waals surface area (Å²) in [5, 5.41) is 10.2. The average molecular weight is 253 g/mol. The van der Waals surface area contributed by atoms with Crippen LogP contribution in [0.5, 0.6) is 0 Å². The molecule has 1 fully saturated rings. The molecular formula is C17H19NO. The molecule has 2 aromatic rings. The van der Waals surface area contributed by atoms with Crippen molar-refractivity contribution in [2.45, 2.75) is 18.6 Å². The predicted octanol–water partition coefficient (Wildman–Crippen LogP) is 2.65. The van der Waals surface area contributed by atoms with Gasteiger partial charge in [-0.3, -0.25) is 4.90 Å². The van der Waals surface area contributed by atoms with Gasteiger partial charge in [-0.05, 0) is 11.1 Å². The van der Waals surface area contributed by atoms with Gasteiger partial charge in [0, 0.05) is 25.6 Å². The molecule has 0 aliphatic carbocycles. The lowest BCUT2D eigenvalue weighted by Crippen LogP contribution is -2.21. The first-order valence-corrected chi connectivity index (χ1v) is 6.82. The van der Waals surface area contributed by atoms with E-state index in [0.29, 0.717) is 0 Å². The number of aliphatic hydroxyl groups is 1. The zero-order chi connectivity index (χ0) is 13.1. The molecule has 1 heterocycles. The van der Waals surface area contributed by atoms with Crippen LogP contribution in [0.15, 0.2) is 60.7 Å². The number of benzene rings is 2. The predicted molar refractivity (Wildman–Crippen MR) is 76.9 cm³/mol. The minimum Gasteiger partial charge on any atom is -0.391 e. The molecule has 2 aromatic carbocycles. The van der Waals surface area contributed by atoms with Crippen molar-refractivity contribution < 1.29 is 5.11 Å². The molecule has 1 aliphatic rings. The van der Waals surface area contributed by atoms with Crippen molar-refractivity contribution >= 4 is 0 Å². The topological polar surface area (TPSA) is 23.5 Å². The molecule has 19 heavy (non-hydrogen) atoms. The average Bonchev–Trinajstić information content (AvgIpc) is 2.82. The number of likely N-dealkylation sites (tertiary alicyclic amines) is 1. The fourth-order valence-electron chi connectivity index (χ4n) is 2.86. The highest BCUT2D eigenvalue weighted by Gasteiger charge is 2.31. The molecule has 0 saturated carbocycles. The van der Waals surface area contributed by atoms with E-state index < -0.39 is 0 Å². The molecule has 1 aliphatic heterocycles. The minimum absolute atomic E-state index is 0.241. The van der Waals surface area contributed by atoms with Crippen LogP contribution in [0, 0.1) is 0 Å². The van der Waals surface area contributed by atoms with E-state index in [2.05, 4.69) is 41.3 Å². The van der Waals surface area contributed by atoms with E-state index in [1.54, 1.807) is 0 Å². The summed E-state index contributed by atoms with van der Waals surface area (Å²) in [5.41, 5.74) is 2.55. The summed E-state index contributed by atoms with van der Waals surface area (Å²) in [7, 11) is 0. The second kappa shape index (κ2) is 5.55. The minimum atomic E-state index is -0.258. The van der Waals surface area contributed by atoms with E-state index in [0.717, 1.165) is 19.6 Å². The standard InChI is InChI=1S/C17H19NO/c19-17-13-18(11-14-7-3-1-4-8-14)12-16(17)15-9-5-2-6-10-15/h1-10,16-17,19H,11-13H2/t16-,17+/m0/s1. The first-order valence-electron chi connectivity index (χ1n) is 6.82. The molecule has 0 bridgehead atoms. The molecule has 2 nitrogen and oxygen atoms in total. The van der Waals surface area contributed by atoms with Crippen LogP contribution in [0.4, 0.5) is 0 Å². The van der Waals surface area contributed by atoms with E-state index in [1.165, 1.54) is 11.1 Å². The quantitative estimate of drug-likeness (QED) is 0.909. The third kappa shape index (κ3) is 2.86. The first kappa shape index (κ1) is 12.4. The van der Waals surface area contributed by atoms with Crippen LogP contribution in [-0.2, 0) is 6.54 Å². The lowest BCUT2D eigenvalue weighted by atomic mass is 9.96. The summed E-state index contributed by atoms with van der Waals surface area (Å²) in [4.78, 5) is 2.33. The summed E-state index contributed by atoms with van der Waals surface area (Å²) in [6, 6.07) is 20.8. The maximum Gasteiger partial charge on any atom is 0.0747 e. The molecular weight excluding hydrogens is 234 g/mol. The van der Waals surface area contributed by atoms with Crippen LogP contribution < -0.4 is 0 Å². The third-order valence-corrected chi connectivity index (χ3v) is 3.84. The van der Waals surface area contributed by atoms with Gasteiger partial charge in [0.2, 0.25) is 0 Å². The SMILES string of the molecule is O[C@@H]1CN(Cc2ccccc2)C[C@H]1c1ccccc1. The van der Waals surface area contributed by atoms with Crippen LogP contribution in [0.25, 0.3) is 0 Å². The highest BCUT2D eigenvalue weighted by atomic mass is 16.3. The Labute approximate surface area is 114 Å². The fourth-order valence-corrected chi connectivity index (χ4v) is 2.86. The summed E-state index contributed by atoms with van der Waals surface area (Å²) >= 11 is 0. The number of aliphatic hydroxyl groups excluding tert-OH is 1. The second-order valence-corrected chi connectivity index (χ2v) is 5.26. The molecule has 0 aromatic heterocycles. The monoisotopic (exact) mass is 253 g/mol. The lowest BCUT2D eigenvalue weighted by Gasteiger charge is -2.15. The molecule has 0 spiro atoms. The van der Waals surface area contributed by atoms with E-state index in [-0.39, 0.29) is 12.0 Å². The molecule has 2 atom stereocenters. The van der Waals surface area contributed by atoms with Gasteiger partial charge in [0.25, 0.3) is 0 Å². The molecule has 2 heteroatoms. The van der Waals surface area contributed by atoms with Crippen LogP contribution in [0.3, 0.4) is 0 Å². The summed E-state index contributed by atoms with van der Waals surface area (Å²) in [6.45, 7) is 2.61. The second-order valence-electron chi connectivity index (χ2n) is 5.26. The summed E-state index contributed by atoms with van der Waals surface area (Å²) < 4.78 is 0. The molecule has 1 N–H and O–H groups in total. The van der Waals surface area contributed by atoms with E-state index >= 15 is 0 Å². The number of hydrogen-bond acceptors (Lipinski definition) is 2. The Morgan fingerprint density at radius 1 is 0.895 bits per heavy atom. The van der Waals surface area contributed by atoms with Gasteiger partial charge in [-0.2, -0.15) is 0 Å². The van der Waals surface area contributed by atoms with Crippen LogP contribution in [0.2, 0.25) is 0 Å². The molecule has 0 radical (unpaired) electrons. The Balaban J connectivity index is 1.69. The van der Waals surface area contributed by atoms with Gasteiger partial charge in [0.15, 0.2) is 0 Å². The van der Waals surface area contributed by atoms with E-state index in [4.69, 9.17) is 0 Å². The smallest absolute Gasteiger partial charge is 0.0747 e. The molecule has 98 valence electrons. The van der Waals surface area contributed by atoms with Gasteiger partial charge >= 0.3 is 0 Å². The zero-order valence-electron chi connectivity index (χ0n) is 10.9. The van der Waals surface area contributed by atoms with Crippen molar-refractivity contribution in [2.75, 3.05) is 13.1 Å². The van der Waals surface area contributed by atoms with E-state index in [9.17, 15) is 5.11 Å². The van der Waals surface area contributed by atoms with Gasteiger partial charge < -0.3 is 5.11 Å². The van der Waals surface area contributed by atoms with Gasteiger partial charge in [-0.15, -0.1) is 0 Å². The summed E-state index contributed by atoms with van der Waals surface area (Å²) in [6.07, 6.45) is -0.258. The van der Waals surface area contributed by atoms with Crippen molar-refractivity contribution in [1.29, 1.82) is 0 Å². The number of hydrogen-bond donors (Lipinski definition) is 1. The summed E-state index contributed by atoms with van der Waals surface area (Å²) in [5.74, 6) is 0.241. The van der Waals surface area contributed by atoms with Gasteiger partial charge in [0.05, 0.1) is 6.10 Å². The van der Waals surface area contributed by atoms with Crippen LogP contribution in [-0.4, -0.2) is 29.2 Å².